The molecule has 2 aliphatic rings. The van der Waals surface area contributed by atoms with Crippen LogP contribution in [0.1, 0.15) is 31.4 Å². The molecule has 3 amide bonds. The van der Waals surface area contributed by atoms with E-state index < -0.39 is 0 Å². The Bertz CT molecular complexity index is 673. The number of amides is 3. The van der Waals surface area contributed by atoms with Crippen LogP contribution in [0.3, 0.4) is 0 Å². The van der Waals surface area contributed by atoms with Gasteiger partial charge in [-0.1, -0.05) is 12.5 Å². The summed E-state index contributed by atoms with van der Waals surface area (Å²) in [5.74, 6) is -0.0444. The van der Waals surface area contributed by atoms with Crippen LogP contribution in [0.5, 0.6) is 0 Å². The minimum absolute atomic E-state index is 0.0505. The molecule has 2 fully saturated rings. The Kier molecular flexibility index (Phi) is 6.42. The van der Waals surface area contributed by atoms with Gasteiger partial charge in [-0.15, -0.1) is 0 Å². The van der Waals surface area contributed by atoms with Crippen LogP contribution in [-0.2, 0) is 20.8 Å². The Morgan fingerprint density at radius 1 is 1.22 bits per heavy atom. The molecule has 0 aliphatic carbocycles. The molecule has 7 heteroatoms. The first-order chi connectivity index (χ1) is 13.0. The van der Waals surface area contributed by atoms with E-state index in [2.05, 4.69) is 4.98 Å². The summed E-state index contributed by atoms with van der Waals surface area (Å²) in [6, 6.07) is 5.76. The summed E-state index contributed by atoms with van der Waals surface area (Å²) in [6.45, 7) is 2.33. The van der Waals surface area contributed by atoms with E-state index in [4.69, 9.17) is 0 Å². The molecule has 0 radical (unpaired) electrons. The highest BCUT2D eigenvalue weighted by atomic mass is 16.2. The summed E-state index contributed by atoms with van der Waals surface area (Å²) in [4.78, 5) is 46.3. The first-order valence-corrected chi connectivity index (χ1v) is 9.75. The average molecular weight is 372 g/mol. The van der Waals surface area contributed by atoms with Crippen LogP contribution in [0.15, 0.2) is 24.4 Å². The van der Waals surface area contributed by atoms with Crippen LogP contribution in [0.4, 0.5) is 0 Å². The minimum atomic E-state index is -0.137. The minimum Gasteiger partial charge on any atom is -0.345 e. The highest BCUT2D eigenvalue weighted by molar-refractivity contribution is 5.88. The Labute approximate surface area is 160 Å². The molecule has 0 unspecified atom stereocenters. The van der Waals surface area contributed by atoms with Gasteiger partial charge in [0.05, 0.1) is 12.5 Å². The van der Waals surface area contributed by atoms with Gasteiger partial charge in [0.2, 0.25) is 17.7 Å². The summed E-state index contributed by atoms with van der Waals surface area (Å²) in [7, 11) is 1.80. The molecule has 3 heterocycles. The largest absolute Gasteiger partial charge is 0.345 e. The molecular weight excluding hydrogens is 344 g/mol. The summed E-state index contributed by atoms with van der Waals surface area (Å²) in [5.41, 5.74) is 0.963. The lowest BCUT2D eigenvalue weighted by Gasteiger charge is -2.40. The van der Waals surface area contributed by atoms with Crippen molar-refractivity contribution in [3.8, 4) is 0 Å². The molecule has 1 aromatic rings. The van der Waals surface area contributed by atoms with Crippen molar-refractivity contribution in [1.29, 1.82) is 0 Å². The van der Waals surface area contributed by atoms with Gasteiger partial charge in [0, 0.05) is 58.0 Å². The molecule has 0 saturated carbocycles. The number of hydrogen-bond acceptors (Lipinski definition) is 4. The van der Waals surface area contributed by atoms with E-state index in [1.165, 1.54) is 0 Å². The molecule has 146 valence electrons. The molecule has 0 spiro atoms. The van der Waals surface area contributed by atoms with Crippen LogP contribution in [-0.4, -0.2) is 77.2 Å². The summed E-state index contributed by atoms with van der Waals surface area (Å²) < 4.78 is 0. The lowest BCUT2D eigenvalue weighted by atomic mass is 9.98. The van der Waals surface area contributed by atoms with Crippen molar-refractivity contribution >= 4 is 17.7 Å². The molecule has 2 saturated heterocycles. The maximum Gasteiger partial charge on any atom is 0.242 e. The Morgan fingerprint density at radius 2 is 2.04 bits per heavy atom. The van der Waals surface area contributed by atoms with Gasteiger partial charge < -0.3 is 14.7 Å². The number of carbonyl (C=O) groups excluding carboxylic acids is 3. The Hall–Kier alpha value is -2.44. The quantitative estimate of drug-likeness (QED) is 0.745. The lowest BCUT2D eigenvalue weighted by molar-refractivity contribution is -0.150. The fourth-order valence-electron chi connectivity index (χ4n) is 3.56. The summed E-state index contributed by atoms with van der Waals surface area (Å²) in [5, 5.41) is 0. The molecule has 0 bridgehead atoms. The smallest absolute Gasteiger partial charge is 0.242 e. The molecule has 0 atom stereocenters. The first-order valence-electron chi connectivity index (χ1n) is 9.75. The molecule has 3 rings (SSSR count). The van der Waals surface area contributed by atoms with Crippen molar-refractivity contribution in [1.82, 2.24) is 19.7 Å². The molecular formula is C20H28N4O3. The van der Waals surface area contributed by atoms with Gasteiger partial charge in [0.1, 0.15) is 0 Å². The maximum atomic E-state index is 12.5. The molecule has 1 aromatic heterocycles. The zero-order valence-corrected chi connectivity index (χ0v) is 16.0. The molecule has 7 nitrogen and oxygen atoms in total. The van der Waals surface area contributed by atoms with Crippen molar-refractivity contribution in [2.45, 2.75) is 32.1 Å². The predicted octanol–water partition coefficient (Wildman–Crippen LogP) is 0.944. The van der Waals surface area contributed by atoms with E-state index in [0.29, 0.717) is 32.6 Å². The summed E-state index contributed by atoms with van der Waals surface area (Å²) >= 11 is 0. The third kappa shape index (κ3) is 5.05. The van der Waals surface area contributed by atoms with Gasteiger partial charge in [-0.2, -0.15) is 0 Å². The number of likely N-dealkylation sites (tertiary alicyclic amines) is 2. The number of nitrogens with zero attached hydrogens (tertiary/aromatic N) is 4. The van der Waals surface area contributed by atoms with Crippen molar-refractivity contribution in [3.05, 3.63) is 30.1 Å². The maximum absolute atomic E-state index is 12.5. The fourth-order valence-corrected chi connectivity index (χ4v) is 3.56. The normalized spacial score (nSPS) is 18.0. The Morgan fingerprint density at radius 3 is 2.78 bits per heavy atom. The topological polar surface area (TPSA) is 73.8 Å². The van der Waals surface area contributed by atoms with Crippen molar-refractivity contribution in [2.24, 2.45) is 5.92 Å². The zero-order chi connectivity index (χ0) is 19.2. The van der Waals surface area contributed by atoms with E-state index in [-0.39, 0.29) is 30.2 Å². The fraction of sp³-hybridized carbons (Fsp3) is 0.600. The first kappa shape index (κ1) is 19.3. The monoisotopic (exact) mass is 372 g/mol. The van der Waals surface area contributed by atoms with Gasteiger partial charge in [-0.05, 0) is 25.0 Å². The number of rotatable bonds is 6. The van der Waals surface area contributed by atoms with Crippen molar-refractivity contribution < 1.29 is 14.4 Å². The molecule has 0 N–H and O–H groups in total. The summed E-state index contributed by atoms with van der Waals surface area (Å²) in [6.07, 6.45) is 5.92. The van der Waals surface area contributed by atoms with Crippen LogP contribution < -0.4 is 0 Å². The van der Waals surface area contributed by atoms with E-state index in [0.717, 1.165) is 31.4 Å². The van der Waals surface area contributed by atoms with E-state index in [1.807, 2.05) is 18.2 Å². The van der Waals surface area contributed by atoms with Crippen LogP contribution in [0, 0.1) is 5.92 Å². The van der Waals surface area contributed by atoms with E-state index in [1.54, 1.807) is 27.9 Å². The lowest BCUT2D eigenvalue weighted by Crippen LogP contribution is -2.58. The molecule has 0 aromatic carbocycles. The number of hydrogen-bond donors (Lipinski definition) is 0. The van der Waals surface area contributed by atoms with Crippen LogP contribution in [0.25, 0.3) is 0 Å². The third-order valence-electron chi connectivity index (χ3n) is 5.39. The molecule has 27 heavy (non-hydrogen) atoms. The highest BCUT2D eigenvalue weighted by Gasteiger charge is 2.37. The van der Waals surface area contributed by atoms with Gasteiger partial charge in [-0.25, -0.2) is 0 Å². The SMILES string of the molecule is CN(CCc1ccccn1)C(=O)C1CN(C(=O)CN2CCCCCC2=O)C1. The average Bonchev–Trinajstić information content (AvgIpc) is 2.83. The van der Waals surface area contributed by atoms with Crippen LogP contribution >= 0.6 is 0 Å². The van der Waals surface area contributed by atoms with Gasteiger partial charge in [-0.3, -0.25) is 19.4 Å². The third-order valence-corrected chi connectivity index (χ3v) is 5.39. The number of carbonyl (C=O) groups is 3. The van der Waals surface area contributed by atoms with Crippen molar-refractivity contribution in [3.63, 3.8) is 0 Å². The van der Waals surface area contributed by atoms with Gasteiger partial charge >= 0.3 is 0 Å². The molecule has 2 aliphatic heterocycles. The van der Waals surface area contributed by atoms with Gasteiger partial charge in [0.15, 0.2) is 0 Å². The number of aromatic nitrogens is 1. The number of likely N-dealkylation sites (N-methyl/N-ethyl adjacent to an activating group) is 1. The second-order valence-corrected chi connectivity index (χ2v) is 7.45. The van der Waals surface area contributed by atoms with Crippen molar-refractivity contribution in [2.75, 3.05) is 39.8 Å². The van der Waals surface area contributed by atoms with E-state index in [9.17, 15) is 14.4 Å². The van der Waals surface area contributed by atoms with Gasteiger partial charge in [0.25, 0.3) is 0 Å². The van der Waals surface area contributed by atoms with Crippen LogP contribution in [0.2, 0.25) is 0 Å². The standard InChI is InChI=1S/C20H28N4O3/c1-22(12-9-17-7-4-5-10-21-17)20(27)16-13-24(14-16)19(26)15-23-11-6-2-3-8-18(23)25/h4-5,7,10,16H,2-3,6,8-9,11-15H2,1H3. The Balaban J connectivity index is 1.40. The second kappa shape index (κ2) is 8.97. The zero-order valence-electron chi connectivity index (χ0n) is 16.0. The highest BCUT2D eigenvalue weighted by Crippen LogP contribution is 2.19. The van der Waals surface area contributed by atoms with E-state index >= 15 is 0 Å². The second-order valence-electron chi connectivity index (χ2n) is 7.45. The number of pyridine rings is 1. The predicted molar refractivity (Wildman–Crippen MR) is 101 cm³/mol.